The number of aliphatic hydroxyl groups is 1. The minimum Gasteiger partial charge on any atom is -0.486 e. The van der Waals surface area contributed by atoms with E-state index in [4.69, 9.17) is 9.47 Å². The van der Waals surface area contributed by atoms with Crippen molar-refractivity contribution in [2.45, 2.75) is 38.6 Å². The Hall–Kier alpha value is -2.35. The Labute approximate surface area is 133 Å². The largest absolute Gasteiger partial charge is 0.486 e. The molecule has 8 nitrogen and oxygen atoms in total. The number of aliphatic hydroxyl groups excluding tert-OH is 1. The first-order chi connectivity index (χ1) is 10.7. The van der Waals surface area contributed by atoms with Gasteiger partial charge in [-0.25, -0.2) is 4.79 Å². The molecule has 0 aliphatic carbocycles. The van der Waals surface area contributed by atoms with Crippen LogP contribution in [0.25, 0.3) is 0 Å². The molecule has 8 heteroatoms. The summed E-state index contributed by atoms with van der Waals surface area (Å²) in [6, 6.07) is 5.70. The molecule has 2 rings (SSSR count). The van der Waals surface area contributed by atoms with Gasteiger partial charge in [0.2, 0.25) is 0 Å². The second kappa shape index (κ2) is 6.41. The molecule has 1 saturated heterocycles. The van der Waals surface area contributed by atoms with Gasteiger partial charge in [-0.2, -0.15) is 0 Å². The van der Waals surface area contributed by atoms with Crippen LogP contribution in [0.15, 0.2) is 24.3 Å². The highest BCUT2D eigenvalue weighted by molar-refractivity contribution is 5.68. The summed E-state index contributed by atoms with van der Waals surface area (Å²) in [6.45, 7) is 5.52. The van der Waals surface area contributed by atoms with Gasteiger partial charge in [-0.15, -0.1) is 0 Å². The van der Waals surface area contributed by atoms with E-state index in [1.807, 2.05) is 0 Å². The lowest BCUT2D eigenvalue weighted by Gasteiger charge is -2.24. The minimum absolute atomic E-state index is 0.0918. The van der Waals surface area contributed by atoms with Crippen molar-refractivity contribution >= 4 is 11.8 Å². The molecule has 0 radical (unpaired) electrons. The zero-order valence-electron chi connectivity index (χ0n) is 13.3. The molecule has 1 aliphatic rings. The Morgan fingerprint density at radius 1 is 1.39 bits per heavy atom. The van der Waals surface area contributed by atoms with E-state index >= 15 is 0 Å². The van der Waals surface area contributed by atoms with Gasteiger partial charge in [-0.3, -0.25) is 10.1 Å². The number of benzene rings is 1. The number of nitro groups is 1. The highest BCUT2D eigenvalue weighted by Crippen LogP contribution is 2.24. The van der Waals surface area contributed by atoms with E-state index in [0.29, 0.717) is 0 Å². The second-order valence-electron chi connectivity index (χ2n) is 6.36. The van der Waals surface area contributed by atoms with E-state index in [1.54, 1.807) is 26.8 Å². The number of likely N-dealkylation sites (tertiary alicyclic amines) is 1. The molecule has 0 aromatic heterocycles. The molecular weight excluding hydrogens is 304 g/mol. The zero-order valence-corrected chi connectivity index (χ0v) is 13.3. The van der Waals surface area contributed by atoms with Crippen molar-refractivity contribution in [1.29, 1.82) is 0 Å². The average molecular weight is 324 g/mol. The molecule has 1 aromatic rings. The summed E-state index contributed by atoms with van der Waals surface area (Å²) in [5.74, 6) is 0.272. The Morgan fingerprint density at radius 2 is 2.09 bits per heavy atom. The fourth-order valence-electron chi connectivity index (χ4n) is 2.19. The lowest BCUT2D eigenvalue weighted by Crippen LogP contribution is -2.36. The molecule has 0 bridgehead atoms. The second-order valence-corrected chi connectivity index (χ2v) is 6.36. The first kappa shape index (κ1) is 17.0. The maximum Gasteiger partial charge on any atom is 0.410 e. The SMILES string of the molecule is CC(C)(C)OC(=O)N1C[C@@H](O)[C@@H](Oc2cccc([N+](=O)[O-])c2)C1. The summed E-state index contributed by atoms with van der Waals surface area (Å²) < 4.78 is 10.8. The van der Waals surface area contributed by atoms with Gasteiger partial charge in [0.05, 0.1) is 24.1 Å². The lowest BCUT2D eigenvalue weighted by molar-refractivity contribution is -0.385. The third-order valence-corrected chi connectivity index (χ3v) is 3.20. The number of hydrogen-bond acceptors (Lipinski definition) is 6. The molecule has 1 aliphatic heterocycles. The van der Waals surface area contributed by atoms with Crippen molar-refractivity contribution in [2.75, 3.05) is 13.1 Å². The van der Waals surface area contributed by atoms with E-state index in [9.17, 15) is 20.0 Å². The van der Waals surface area contributed by atoms with E-state index in [2.05, 4.69) is 0 Å². The number of carbonyl (C=O) groups excluding carboxylic acids is 1. The third-order valence-electron chi connectivity index (χ3n) is 3.20. The van der Waals surface area contributed by atoms with Crippen LogP contribution in [0.4, 0.5) is 10.5 Å². The average Bonchev–Trinajstić information content (AvgIpc) is 2.79. The van der Waals surface area contributed by atoms with Gasteiger partial charge >= 0.3 is 6.09 Å². The molecule has 1 aromatic carbocycles. The number of β-amino-alcohol motifs (C(OH)–C–C–N with tert-alkyl or cyclic N) is 1. The molecule has 23 heavy (non-hydrogen) atoms. The minimum atomic E-state index is -0.887. The maximum atomic E-state index is 12.0. The van der Waals surface area contributed by atoms with Gasteiger partial charge < -0.3 is 19.5 Å². The van der Waals surface area contributed by atoms with Crippen molar-refractivity contribution in [1.82, 2.24) is 4.90 Å². The molecule has 1 fully saturated rings. The van der Waals surface area contributed by atoms with Gasteiger partial charge in [0.15, 0.2) is 0 Å². The van der Waals surface area contributed by atoms with E-state index in [1.165, 1.54) is 23.1 Å². The predicted octanol–water partition coefficient (Wildman–Crippen LogP) is 1.95. The Balaban J connectivity index is 2.01. The predicted molar refractivity (Wildman–Crippen MR) is 81.3 cm³/mol. The van der Waals surface area contributed by atoms with Crippen molar-refractivity contribution < 1.29 is 24.3 Å². The number of rotatable bonds is 3. The first-order valence-electron chi connectivity index (χ1n) is 7.23. The molecule has 0 saturated carbocycles. The van der Waals surface area contributed by atoms with Crippen LogP contribution in [0.5, 0.6) is 5.75 Å². The quantitative estimate of drug-likeness (QED) is 0.673. The van der Waals surface area contributed by atoms with Gasteiger partial charge in [0, 0.05) is 6.07 Å². The van der Waals surface area contributed by atoms with Gasteiger partial charge in [-0.1, -0.05) is 6.07 Å². The first-order valence-corrected chi connectivity index (χ1v) is 7.23. The fraction of sp³-hybridized carbons (Fsp3) is 0.533. The summed E-state index contributed by atoms with van der Waals surface area (Å²) in [5.41, 5.74) is -0.722. The van der Waals surface area contributed by atoms with Crippen LogP contribution in [0.2, 0.25) is 0 Å². The summed E-state index contributed by atoms with van der Waals surface area (Å²) in [5, 5.41) is 20.8. The van der Waals surface area contributed by atoms with Crippen molar-refractivity contribution in [2.24, 2.45) is 0 Å². The summed E-state index contributed by atoms with van der Waals surface area (Å²) in [7, 11) is 0. The number of nitro benzene ring substituents is 1. The van der Waals surface area contributed by atoms with Crippen LogP contribution in [0, 0.1) is 10.1 Å². The van der Waals surface area contributed by atoms with Crippen LogP contribution < -0.4 is 4.74 Å². The van der Waals surface area contributed by atoms with Crippen LogP contribution in [0.1, 0.15) is 20.8 Å². The van der Waals surface area contributed by atoms with Gasteiger partial charge in [-0.05, 0) is 26.8 Å². The molecule has 0 spiro atoms. The Bertz CT molecular complexity index is 598. The zero-order chi connectivity index (χ0) is 17.2. The normalized spacial score (nSPS) is 21.1. The number of ether oxygens (including phenoxy) is 2. The number of hydrogen-bond donors (Lipinski definition) is 1. The van der Waals surface area contributed by atoms with Gasteiger partial charge in [0.1, 0.15) is 23.6 Å². The molecule has 2 atom stereocenters. The summed E-state index contributed by atoms with van der Waals surface area (Å²) >= 11 is 0. The Morgan fingerprint density at radius 3 is 2.70 bits per heavy atom. The van der Waals surface area contributed by atoms with Crippen LogP contribution >= 0.6 is 0 Å². The molecule has 1 amide bonds. The van der Waals surface area contributed by atoms with Crippen LogP contribution in [-0.4, -0.2) is 51.9 Å². The Kier molecular flexibility index (Phi) is 4.74. The van der Waals surface area contributed by atoms with Crippen LogP contribution in [0.3, 0.4) is 0 Å². The molecule has 126 valence electrons. The smallest absolute Gasteiger partial charge is 0.410 e. The van der Waals surface area contributed by atoms with E-state index < -0.39 is 28.8 Å². The topological polar surface area (TPSA) is 102 Å². The highest BCUT2D eigenvalue weighted by Gasteiger charge is 2.37. The summed E-state index contributed by atoms with van der Waals surface area (Å²) in [4.78, 5) is 23.6. The van der Waals surface area contributed by atoms with Crippen molar-refractivity contribution in [3.05, 3.63) is 34.4 Å². The molecule has 0 unspecified atom stereocenters. The number of carbonyl (C=O) groups is 1. The maximum absolute atomic E-state index is 12.0. The standard InChI is InChI=1S/C15H20N2O6/c1-15(2,3)23-14(19)16-8-12(18)13(9-16)22-11-6-4-5-10(7-11)17(20)21/h4-7,12-13,18H,8-9H2,1-3H3/t12-,13+/m1/s1. The van der Waals surface area contributed by atoms with Crippen LogP contribution in [-0.2, 0) is 4.74 Å². The fourth-order valence-corrected chi connectivity index (χ4v) is 2.19. The summed E-state index contributed by atoms with van der Waals surface area (Å²) in [6.07, 6.45) is -2.08. The number of non-ortho nitro benzene ring substituents is 1. The number of amides is 1. The molecule has 1 N–H and O–H groups in total. The lowest BCUT2D eigenvalue weighted by atomic mass is 10.2. The highest BCUT2D eigenvalue weighted by atomic mass is 16.6. The van der Waals surface area contributed by atoms with E-state index in [0.717, 1.165) is 0 Å². The van der Waals surface area contributed by atoms with E-state index in [-0.39, 0.29) is 24.5 Å². The van der Waals surface area contributed by atoms with Crippen molar-refractivity contribution in [3.8, 4) is 5.75 Å². The van der Waals surface area contributed by atoms with Crippen molar-refractivity contribution in [3.63, 3.8) is 0 Å². The monoisotopic (exact) mass is 324 g/mol. The molecular formula is C15H20N2O6. The number of nitrogens with zero attached hydrogens (tertiary/aromatic N) is 2. The van der Waals surface area contributed by atoms with Gasteiger partial charge in [0.25, 0.3) is 5.69 Å². The molecule has 1 heterocycles. The third kappa shape index (κ3) is 4.56.